The molecule has 2 rings (SSSR count). The van der Waals surface area contributed by atoms with Gasteiger partial charge in [-0.25, -0.2) is 0 Å². The molecule has 0 unspecified atom stereocenters. The van der Waals surface area contributed by atoms with Crippen LogP contribution in [0.25, 0.3) is 0 Å². The molecule has 1 heterocycles. The van der Waals surface area contributed by atoms with Crippen LogP contribution in [0.3, 0.4) is 0 Å². The minimum absolute atomic E-state index is 0.0199. The SMILES string of the molecule is O=c1[nH]c(=S)[nH]c(O)c1C=Nc1ccccc1O. The van der Waals surface area contributed by atoms with E-state index in [2.05, 4.69) is 27.2 Å². The van der Waals surface area contributed by atoms with Gasteiger partial charge in [-0.2, -0.15) is 0 Å². The zero-order valence-corrected chi connectivity index (χ0v) is 9.86. The van der Waals surface area contributed by atoms with Gasteiger partial charge in [0.25, 0.3) is 5.56 Å². The van der Waals surface area contributed by atoms with Gasteiger partial charge in [0.05, 0.1) is 0 Å². The van der Waals surface area contributed by atoms with Crippen molar-refractivity contribution in [1.29, 1.82) is 0 Å². The Morgan fingerprint density at radius 2 is 1.94 bits per heavy atom. The summed E-state index contributed by atoms with van der Waals surface area (Å²) in [5, 5.41) is 19.0. The van der Waals surface area contributed by atoms with Gasteiger partial charge in [-0.1, -0.05) is 12.1 Å². The van der Waals surface area contributed by atoms with Crippen LogP contribution in [0.4, 0.5) is 5.69 Å². The second-order valence-electron chi connectivity index (χ2n) is 3.42. The summed E-state index contributed by atoms with van der Waals surface area (Å²) < 4.78 is 0.0252. The molecule has 0 atom stereocenters. The number of aromatic amines is 2. The van der Waals surface area contributed by atoms with Crippen molar-refractivity contribution in [3.63, 3.8) is 0 Å². The van der Waals surface area contributed by atoms with Crippen LogP contribution in [0.5, 0.6) is 11.6 Å². The molecule has 0 aliphatic heterocycles. The van der Waals surface area contributed by atoms with Crippen LogP contribution in [-0.2, 0) is 0 Å². The molecule has 1 aromatic carbocycles. The molecule has 1 aromatic heterocycles. The molecule has 0 aliphatic carbocycles. The molecule has 0 aliphatic rings. The largest absolute Gasteiger partial charge is 0.506 e. The van der Waals surface area contributed by atoms with E-state index in [1.165, 1.54) is 6.07 Å². The van der Waals surface area contributed by atoms with Crippen molar-refractivity contribution in [2.75, 3.05) is 0 Å². The average molecular weight is 263 g/mol. The molecule has 4 N–H and O–H groups in total. The number of hydrogen-bond acceptors (Lipinski definition) is 5. The third kappa shape index (κ3) is 2.46. The third-order valence-corrected chi connectivity index (χ3v) is 2.38. The highest BCUT2D eigenvalue weighted by atomic mass is 32.1. The number of aliphatic imine (C=N–C) groups is 1. The van der Waals surface area contributed by atoms with Crippen LogP contribution in [0.1, 0.15) is 5.56 Å². The van der Waals surface area contributed by atoms with Crippen molar-refractivity contribution >= 4 is 24.1 Å². The Hall–Kier alpha value is -2.41. The zero-order chi connectivity index (χ0) is 13.1. The molecule has 92 valence electrons. The number of rotatable bonds is 2. The van der Waals surface area contributed by atoms with Crippen LogP contribution in [-0.4, -0.2) is 26.4 Å². The summed E-state index contributed by atoms with van der Waals surface area (Å²) in [4.78, 5) is 20.1. The van der Waals surface area contributed by atoms with Crippen LogP contribution in [0, 0.1) is 4.77 Å². The molecule has 0 bridgehead atoms. The number of nitrogens with one attached hydrogen (secondary N) is 2. The predicted octanol–water partition coefficient (Wildman–Crippen LogP) is 1.59. The first kappa shape index (κ1) is 12.1. The summed E-state index contributed by atoms with van der Waals surface area (Å²) in [6.45, 7) is 0. The number of nitrogens with zero attached hydrogens (tertiary/aromatic N) is 1. The van der Waals surface area contributed by atoms with E-state index in [-0.39, 0.29) is 22.0 Å². The Bertz CT molecular complexity index is 718. The predicted molar refractivity (Wildman–Crippen MR) is 69.3 cm³/mol. The average Bonchev–Trinajstić information content (AvgIpc) is 2.30. The molecular weight excluding hydrogens is 254 g/mol. The zero-order valence-electron chi connectivity index (χ0n) is 9.04. The van der Waals surface area contributed by atoms with E-state index in [9.17, 15) is 15.0 Å². The van der Waals surface area contributed by atoms with E-state index in [0.29, 0.717) is 5.69 Å². The van der Waals surface area contributed by atoms with Crippen molar-refractivity contribution in [2.24, 2.45) is 4.99 Å². The Balaban J connectivity index is 2.45. The quantitative estimate of drug-likeness (QED) is 0.488. The number of benzene rings is 1. The van der Waals surface area contributed by atoms with Crippen molar-refractivity contribution in [3.05, 3.63) is 45.0 Å². The van der Waals surface area contributed by atoms with Gasteiger partial charge in [-0.15, -0.1) is 0 Å². The van der Waals surface area contributed by atoms with Crippen LogP contribution >= 0.6 is 12.2 Å². The van der Waals surface area contributed by atoms with Gasteiger partial charge in [-0.3, -0.25) is 14.8 Å². The molecule has 0 amide bonds. The second-order valence-corrected chi connectivity index (χ2v) is 3.83. The summed E-state index contributed by atoms with van der Waals surface area (Å²) >= 11 is 4.69. The topological polar surface area (TPSA) is 101 Å². The Kier molecular flexibility index (Phi) is 3.24. The molecule has 7 heteroatoms. The summed E-state index contributed by atoms with van der Waals surface area (Å²) in [7, 11) is 0. The lowest BCUT2D eigenvalue weighted by molar-refractivity contribution is 0.449. The Morgan fingerprint density at radius 1 is 1.22 bits per heavy atom. The Morgan fingerprint density at radius 3 is 2.61 bits per heavy atom. The van der Waals surface area contributed by atoms with Crippen molar-refractivity contribution in [1.82, 2.24) is 9.97 Å². The number of aromatic hydroxyl groups is 2. The standard InChI is InChI=1S/C11H9N3O3S/c15-8-4-2-1-3-7(8)12-5-6-9(16)13-11(18)14-10(6)17/h1-5,15H,(H3,13,14,16,17,18). The maximum atomic E-state index is 11.5. The Labute approximate surface area is 106 Å². The molecule has 2 aromatic rings. The van der Waals surface area contributed by atoms with Crippen molar-refractivity contribution in [3.8, 4) is 11.6 Å². The smallest absolute Gasteiger partial charge is 0.264 e. The minimum Gasteiger partial charge on any atom is -0.506 e. The van der Waals surface area contributed by atoms with Crippen molar-refractivity contribution in [2.45, 2.75) is 0 Å². The van der Waals surface area contributed by atoms with Gasteiger partial charge in [-0.05, 0) is 24.4 Å². The van der Waals surface area contributed by atoms with Gasteiger partial charge in [0.2, 0.25) is 5.88 Å². The summed E-state index contributed by atoms with van der Waals surface area (Å²) in [5.41, 5.74) is -0.332. The first-order chi connectivity index (χ1) is 8.58. The maximum absolute atomic E-state index is 11.5. The van der Waals surface area contributed by atoms with Gasteiger partial charge in [0, 0.05) is 6.21 Å². The monoisotopic (exact) mass is 263 g/mol. The van der Waals surface area contributed by atoms with E-state index in [0.717, 1.165) is 6.21 Å². The lowest BCUT2D eigenvalue weighted by Gasteiger charge is -1.98. The molecule has 18 heavy (non-hydrogen) atoms. The van der Waals surface area contributed by atoms with E-state index < -0.39 is 5.56 Å². The normalized spacial score (nSPS) is 10.9. The number of phenolic OH excluding ortho intramolecular Hbond substituents is 1. The van der Waals surface area contributed by atoms with Gasteiger partial charge in [0.15, 0.2) is 4.77 Å². The van der Waals surface area contributed by atoms with Crippen molar-refractivity contribution < 1.29 is 10.2 Å². The van der Waals surface area contributed by atoms with Gasteiger partial charge < -0.3 is 15.2 Å². The first-order valence-corrected chi connectivity index (χ1v) is 5.36. The van der Waals surface area contributed by atoms with E-state index in [1.54, 1.807) is 18.2 Å². The third-order valence-electron chi connectivity index (χ3n) is 2.17. The molecule has 0 radical (unpaired) electrons. The fourth-order valence-corrected chi connectivity index (χ4v) is 1.50. The molecule has 0 saturated carbocycles. The van der Waals surface area contributed by atoms with E-state index in [4.69, 9.17) is 0 Å². The molecule has 6 nitrogen and oxygen atoms in total. The lowest BCUT2D eigenvalue weighted by atomic mass is 10.3. The fraction of sp³-hybridized carbons (Fsp3) is 0. The first-order valence-electron chi connectivity index (χ1n) is 4.95. The number of phenols is 1. The highest BCUT2D eigenvalue weighted by molar-refractivity contribution is 7.71. The van der Waals surface area contributed by atoms with E-state index >= 15 is 0 Å². The molecular formula is C11H9N3O3S. The number of hydrogen-bond donors (Lipinski definition) is 4. The molecule has 0 fully saturated rings. The highest BCUT2D eigenvalue weighted by Gasteiger charge is 2.04. The highest BCUT2D eigenvalue weighted by Crippen LogP contribution is 2.24. The lowest BCUT2D eigenvalue weighted by Crippen LogP contribution is -2.13. The molecule has 0 saturated heterocycles. The number of para-hydroxylation sites is 2. The maximum Gasteiger partial charge on any atom is 0.264 e. The molecule has 0 spiro atoms. The van der Waals surface area contributed by atoms with Crippen LogP contribution in [0.15, 0.2) is 34.1 Å². The fourth-order valence-electron chi connectivity index (χ4n) is 1.31. The van der Waals surface area contributed by atoms with Gasteiger partial charge in [0.1, 0.15) is 17.0 Å². The number of aromatic nitrogens is 2. The minimum atomic E-state index is -0.560. The van der Waals surface area contributed by atoms with Crippen LogP contribution in [0.2, 0.25) is 0 Å². The second kappa shape index (κ2) is 4.84. The van der Waals surface area contributed by atoms with Crippen LogP contribution < -0.4 is 5.56 Å². The van der Waals surface area contributed by atoms with E-state index in [1.807, 2.05) is 0 Å². The summed E-state index contributed by atoms with van der Waals surface area (Å²) in [6.07, 6.45) is 1.15. The number of H-pyrrole nitrogens is 2. The summed E-state index contributed by atoms with van der Waals surface area (Å²) in [5.74, 6) is -0.392. The van der Waals surface area contributed by atoms with Gasteiger partial charge >= 0.3 is 0 Å². The summed E-state index contributed by atoms with van der Waals surface area (Å²) in [6, 6.07) is 6.38.